The third kappa shape index (κ3) is 6.22. The van der Waals surface area contributed by atoms with Crippen molar-refractivity contribution in [3.05, 3.63) is 24.0 Å². The fraction of sp³-hybridized carbons (Fsp3) is 0.609. The first-order valence-corrected chi connectivity index (χ1v) is 11.6. The summed E-state index contributed by atoms with van der Waals surface area (Å²) in [5.41, 5.74) is 0.717. The number of hydrogen-bond donors (Lipinski definition) is 2. The third-order valence-corrected chi connectivity index (χ3v) is 6.16. The minimum atomic E-state index is -0.929. The highest BCUT2D eigenvalue weighted by atomic mass is 19.1. The predicted molar refractivity (Wildman–Crippen MR) is 122 cm³/mol. The number of hydroxylamine groups is 2. The van der Waals surface area contributed by atoms with E-state index in [4.69, 9.17) is 9.47 Å². The number of rotatable bonds is 10. The fourth-order valence-corrected chi connectivity index (χ4v) is 4.29. The molecule has 2 aliphatic rings. The molecule has 0 bridgehead atoms. The molecule has 0 unspecified atom stereocenters. The zero-order chi connectivity index (χ0) is 24.7. The molecular weight excluding hydrogens is 447 g/mol. The summed E-state index contributed by atoms with van der Waals surface area (Å²) >= 11 is 0. The van der Waals surface area contributed by atoms with Crippen LogP contribution in [0.3, 0.4) is 0 Å². The van der Waals surface area contributed by atoms with Gasteiger partial charge in [-0.2, -0.15) is 0 Å². The van der Waals surface area contributed by atoms with E-state index in [9.17, 15) is 24.0 Å². The Kier molecular flexibility index (Phi) is 9.20. The van der Waals surface area contributed by atoms with Gasteiger partial charge in [-0.05, 0) is 31.5 Å². The van der Waals surface area contributed by atoms with Crippen LogP contribution >= 0.6 is 0 Å². The Morgan fingerprint density at radius 3 is 2.74 bits per heavy atom. The molecule has 1 aromatic carbocycles. The number of anilines is 2. The number of benzene rings is 1. The number of carbonyl (C=O) groups is 3. The molecule has 0 radical (unpaired) electrons. The minimum Gasteiger partial charge on any atom is -0.378 e. The number of hydrogen-bond acceptors (Lipinski definition) is 7. The van der Waals surface area contributed by atoms with Crippen LogP contribution in [-0.2, 0) is 23.9 Å². The second-order valence-electron chi connectivity index (χ2n) is 8.58. The van der Waals surface area contributed by atoms with E-state index in [0.717, 1.165) is 12.8 Å². The van der Waals surface area contributed by atoms with E-state index in [-0.39, 0.29) is 31.3 Å². The molecule has 3 amide bonds. The summed E-state index contributed by atoms with van der Waals surface area (Å²) in [6.45, 7) is 5.63. The van der Waals surface area contributed by atoms with Gasteiger partial charge in [0.15, 0.2) is 0 Å². The van der Waals surface area contributed by atoms with Crippen molar-refractivity contribution in [2.75, 3.05) is 49.8 Å². The van der Waals surface area contributed by atoms with Gasteiger partial charge in [0.05, 0.1) is 37.5 Å². The smallest absolute Gasteiger partial charge is 0.249 e. The second-order valence-corrected chi connectivity index (χ2v) is 8.58. The van der Waals surface area contributed by atoms with Gasteiger partial charge in [0.2, 0.25) is 18.2 Å². The molecule has 11 heteroatoms. The maximum absolute atomic E-state index is 14.7. The van der Waals surface area contributed by atoms with Crippen LogP contribution in [0.15, 0.2) is 18.2 Å². The first-order valence-electron chi connectivity index (χ1n) is 11.6. The van der Waals surface area contributed by atoms with Crippen LogP contribution in [-0.4, -0.2) is 85.1 Å². The highest BCUT2D eigenvalue weighted by molar-refractivity contribution is 5.98. The van der Waals surface area contributed by atoms with Gasteiger partial charge in [0.25, 0.3) is 0 Å². The molecule has 0 saturated carbocycles. The lowest BCUT2D eigenvalue weighted by molar-refractivity contribution is -0.158. The molecule has 2 fully saturated rings. The number of halogens is 1. The Morgan fingerprint density at radius 2 is 2.09 bits per heavy atom. The largest absolute Gasteiger partial charge is 0.378 e. The van der Waals surface area contributed by atoms with E-state index in [1.807, 2.05) is 11.8 Å². The average molecular weight is 481 g/mol. The molecule has 10 nitrogen and oxygen atoms in total. The average Bonchev–Trinajstić information content (AvgIpc) is 3.23. The van der Waals surface area contributed by atoms with Crippen LogP contribution in [0.25, 0.3) is 0 Å². The fourth-order valence-electron chi connectivity index (χ4n) is 4.29. The highest BCUT2D eigenvalue weighted by Gasteiger charge is 2.42. The summed E-state index contributed by atoms with van der Waals surface area (Å²) < 4.78 is 25.6. The molecule has 188 valence electrons. The predicted octanol–water partition coefficient (Wildman–Crippen LogP) is 1.83. The number of morpholine rings is 1. The molecule has 0 spiro atoms. The number of ether oxygens (including phenoxy) is 2. The van der Waals surface area contributed by atoms with Gasteiger partial charge in [0, 0.05) is 18.8 Å². The molecule has 34 heavy (non-hydrogen) atoms. The van der Waals surface area contributed by atoms with Crippen LogP contribution in [0.5, 0.6) is 0 Å². The van der Waals surface area contributed by atoms with E-state index < -0.39 is 29.8 Å². The molecule has 2 N–H and O–H groups in total. The minimum absolute atomic E-state index is 0.0858. The van der Waals surface area contributed by atoms with Crippen LogP contribution in [0.1, 0.15) is 33.1 Å². The SMILES string of the molecule is CCCC[C@H](CN(O)C=O)C(=O)N1CO[C@H](C)[C@H]1C(=O)Nc1ccc(N2CCOCC2)c(F)c1. The summed E-state index contributed by atoms with van der Waals surface area (Å²) in [4.78, 5) is 40.4. The Morgan fingerprint density at radius 1 is 1.35 bits per heavy atom. The molecule has 0 aromatic heterocycles. The van der Waals surface area contributed by atoms with E-state index in [2.05, 4.69) is 5.32 Å². The van der Waals surface area contributed by atoms with E-state index in [0.29, 0.717) is 43.5 Å². The van der Waals surface area contributed by atoms with Crippen molar-refractivity contribution in [1.82, 2.24) is 9.96 Å². The Bertz CT molecular complexity index is 866. The van der Waals surface area contributed by atoms with E-state index in [1.54, 1.807) is 19.1 Å². The highest BCUT2D eigenvalue weighted by Crippen LogP contribution is 2.26. The molecule has 1 aromatic rings. The first-order chi connectivity index (χ1) is 16.3. The van der Waals surface area contributed by atoms with Crippen molar-refractivity contribution in [1.29, 1.82) is 0 Å². The number of unbranched alkanes of at least 4 members (excludes halogenated alkanes) is 1. The second kappa shape index (κ2) is 12.1. The zero-order valence-electron chi connectivity index (χ0n) is 19.6. The molecule has 2 aliphatic heterocycles. The van der Waals surface area contributed by atoms with Crippen molar-refractivity contribution in [2.24, 2.45) is 5.92 Å². The van der Waals surface area contributed by atoms with E-state index >= 15 is 0 Å². The van der Waals surface area contributed by atoms with Gasteiger partial charge >= 0.3 is 0 Å². The van der Waals surface area contributed by atoms with Gasteiger partial charge in [-0.3, -0.25) is 19.6 Å². The van der Waals surface area contributed by atoms with Crippen LogP contribution in [0.4, 0.5) is 15.8 Å². The van der Waals surface area contributed by atoms with Crippen molar-refractivity contribution >= 4 is 29.6 Å². The van der Waals surface area contributed by atoms with Gasteiger partial charge < -0.3 is 24.6 Å². The molecule has 3 rings (SSSR count). The maximum atomic E-state index is 14.7. The van der Waals surface area contributed by atoms with Crippen molar-refractivity contribution in [2.45, 2.75) is 45.3 Å². The lowest BCUT2D eigenvalue weighted by Gasteiger charge is -2.30. The van der Waals surface area contributed by atoms with Crippen molar-refractivity contribution < 1.29 is 33.5 Å². The third-order valence-electron chi connectivity index (χ3n) is 6.16. The molecule has 2 heterocycles. The standard InChI is InChI=1S/C23H33FN4O6/c1-3-4-5-17(13-27(32)14-29)23(31)28-15-34-16(2)21(28)22(30)25-18-6-7-20(19(24)12-18)26-8-10-33-11-9-26/h6-7,12,14,16-17,21,32H,3-5,8-11,13,15H2,1-2H3,(H,25,30)/t16-,17-,21+/m1/s1. The summed E-state index contributed by atoms with van der Waals surface area (Å²) in [6, 6.07) is 3.56. The number of nitrogens with zero attached hydrogens (tertiary/aromatic N) is 3. The Balaban J connectivity index is 1.71. The van der Waals surface area contributed by atoms with Crippen LogP contribution in [0.2, 0.25) is 0 Å². The lowest BCUT2D eigenvalue weighted by atomic mass is 9.99. The summed E-state index contributed by atoms with van der Waals surface area (Å²) in [6.07, 6.45) is 1.67. The van der Waals surface area contributed by atoms with Gasteiger partial charge in [-0.15, -0.1) is 0 Å². The number of nitrogens with one attached hydrogen (secondary N) is 1. The normalized spacial score (nSPS) is 21.3. The molecule has 3 atom stereocenters. The quantitative estimate of drug-likeness (QED) is 0.299. The summed E-state index contributed by atoms with van der Waals surface area (Å²) in [5, 5.41) is 12.8. The topological polar surface area (TPSA) is 112 Å². The Labute approximate surface area is 198 Å². The van der Waals surface area contributed by atoms with Crippen molar-refractivity contribution in [3.63, 3.8) is 0 Å². The van der Waals surface area contributed by atoms with Gasteiger partial charge in [0.1, 0.15) is 18.6 Å². The monoisotopic (exact) mass is 480 g/mol. The zero-order valence-corrected chi connectivity index (χ0v) is 19.6. The summed E-state index contributed by atoms with van der Waals surface area (Å²) in [7, 11) is 0. The summed E-state index contributed by atoms with van der Waals surface area (Å²) in [5.74, 6) is -2.01. The molecular formula is C23H33FN4O6. The maximum Gasteiger partial charge on any atom is 0.249 e. The molecule has 2 saturated heterocycles. The van der Waals surface area contributed by atoms with Crippen LogP contribution in [0, 0.1) is 11.7 Å². The number of amides is 3. The lowest BCUT2D eigenvalue weighted by Crippen LogP contribution is -2.50. The van der Waals surface area contributed by atoms with Gasteiger partial charge in [-0.25, -0.2) is 9.45 Å². The number of carbonyl (C=O) groups excluding carboxylic acids is 3. The van der Waals surface area contributed by atoms with Crippen LogP contribution < -0.4 is 10.2 Å². The van der Waals surface area contributed by atoms with Gasteiger partial charge in [-0.1, -0.05) is 19.8 Å². The molecule has 0 aliphatic carbocycles. The van der Waals surface area contributed by atoms with Crippen molar-refractivity contribution in [3.8, 4) is 0 Å². The Hall–Kier alpha value is -2.76. The van der Waals surface area contributed by atoms with E-state index in [1.165, 1.54) is 11.0 Å². The first kappa shape index (κ1) is 25.9.